The van der Waals surface area contributed by atoms with Crippen molar-refractivity contribution < 1.29 is 9.13 Å². The first-order valence-electron chi connectivity index (χ1n) is 12.7. The van der Waals surface area contributed by atoms with Crippen LogP contribution in [0.4, 0.5) is 0 Å². The maximum Gasteiger partial charge on any atom is 0.296 e. The number of aryl methyl sites for hydroxylation is 2. The predicted octanol–water partition coefficient (Wildman–Crippen LogP) is 6.26. The van der Waals surface area contributed by atoms with Crippen molar-refractivity contribution in [2.24, 2.45) is 0 Å². The second-order valence-corrected chi connectivity index (χ2v) is 9.12. The quantitative estimate of drug-likeness (QED) is 0.197. The van der Waals surface area contributed by atoms with E-state index < -0.39 is 0 Å². The average molecular weight is 433 g/mol. The highest BCUT2D eigenvalue weighted by molar-refractivity contribution is 5.76. The molecule has 0 fully saturated rings. The van der Waals surface area contributed by atoms with E-state index in [1.54, 1.807) is 0 Å². The Kier molecular flexibility index (Phi) is 7.29. The van der Waals surface area contributed by atoms with E-state index in [4.69, 9.17) is 0 Å². The van der Waals surface area contributed by atoms with Gasteiger partial charge in [0.2, 0.25) is 11.0 Å². The van der Waals surface area contributed by atoms with Crippen LogP contribution in [0.3, 0.4) is 0 Å². The van der Waals surface area contributed by atoms with Crippen LogP contribution < -0.4 is 9.13 Å². The van der Waals surface area contributed by atoms with Gasteiger partial charge in [-0.3, -0.25) is 0 Å². The molecule has 2 aromatic carbocycles. The number of rotatable bonds is 11. The minimum Gasteiger partial charge on any atom is -0.224 e. The molecule has 0 spiro atoms. The molecule has 32 heavy (non-hydrogen) atoms. The second kappa shape index (κ2) is 10.3. The van der Waals surface area contributed by atoms with Gasteiger partial charge in [-0.25, -0.2) is 9.13 Å². The molecular weight excluding hydrogens is 392 g/mol. The molecule has 0 N–H and O–H groups in total. The topological polar surface area (TPSA) is 17.6 Å². The van der Waals surface area contributed by atoms with Crippen molar-refractivity contribution in [3.05, 3.63) is 60.2 Å². The summed E-state index contributed by atoms with van der Waals surface area (Å²) in [5.74, 6) is 2.59. The molecule has 4 nitrogen and oxygen atoms in total. The van der Waals surface area contributed by atoms with Crippen LogP contribution in [0.15, 0.2) is 48.5 Å². The smallest absolute Gasteiger partial charge is 0.224 e. The van der Waals surface area contributed by atoms with Crippen molar-refractivity contribution in [3.63, 3.8) is 0 Å². The van der Waals surface area contributed by atoms with Crippen molar-refractivity contribution in [1.82, 2.24) is 9.35 Å². The predicted molar refractivity (Wildman–Crippen MR) is 133 cm³/mol. The molecule has 4 rings (SSSR count). The number of fused-ring (bicyclic) bond motifs is 2. The van der Waals surface area contributed by atoms with Gasteiger partial charge in [-0.2, -0.15) is 0 Å². The van der Waals surface area contributed by atoms with Gasteiger partial charge in [0.15, 0.2) is 11.0 Å². The number of unbranched alkanes of at least 4 members (excludes halogenated alkanes) is 6. The maximum absolute atomic E-state index is 2.52. The van der Waals surface area contributed by atoms with E-state index in [1.807, 2.05) is 0 Å². The van der Waals surface area contributed by atoms with E-state index >= 15 is 0 Å². The molecule has 0 aliphatic carbocycles. The van der Waals surface area contributed by atoms with Gasteiger partial charge in [-0.05, 0) is 59.3 Å². The Morgan fingerprint density at radius 2 is 0.969 bits per heavy atom. The summed E-state index contributed by atoms with van der Waals surface area (Å²) >= 11 is 0. The molecular formula is C28H40N4+2. The summed E-state index contributed by atoms with van der Waals surface area (Å²) in [7, 11) is 0. The van der Waals surface area contributed by atoms with Crippen LogP contribution in [0, 0.1) is 13.8 Å². The summed E-state index contributed by atoms with van der Waals surface area (Å²) in [4.78, 5) is 0. The number of nitrogens with zero attached hydrogens (tertiary/aromatic N) is 4. The van der Waals surface area contributed by atoms with E-state index in [9.17, 15) is 0 Å². The highest BCUT2D eigenvalue weighted by atomic mass is 15.5. The molecule has 0 radical (unpaired) electrons. The second-order valence-electron chi connectivity index (χ2n) is 9.12. The van der Waals surface area contributed by atoms with Crippen molar-refractivity contribution in [3.8, 4) is 0 Å². The lowest BCUT2D eigenvalue weighted by atomic mass is 10.2. The Balaban J connectivity index is 1.83. The van der Waals surface area contributed by atoms with E-state index in [-0.39, 0.29) is 0 Å². The lowest BCUT2D eigenvalue weighted by Crippen LogP contribution is -2.39. The highest BCUT2D eigenvalue weighted by Crippen LogP contribution is 2.21. The van der Waals surface area contributed by atoms with Gasteiger partial charge < -0.3 is 0 Å². The molecule has 4 heteroatoms. The first kappa shape index (κ1) is 22.6. The highest BCUT2D eigenvalue weighted by Gasteiger charge is 2.32. The first-order valence-corrected chi connectivity index (χ1v) is 12.7. The zero-order valence-electron chi connectivity index (χ0n) is 20.5. The van der Waals surface area contributed by atoms with Gasteiger partial charge in [-0.15, -0.1) is 0 Å². The number of aromatic nitrogens is 4. The summed E-state index contributed by atoms with van der Waals surface area (Å²) < 4.78 is 9.92. The normalized spacial score (nSPS) is 11.8. The van der Waals surface area contributed by atoms with E-state index in [0.717, 1.165) is 13.1 Å². The Morgan fingerprint density at radius 1 is 0.562 bits per heavy atom. The molecule has 0 atom stereocenters. The zero-order chi connectivity index (χ0) is 22.5. The van der Waals surface area contributed by atoms with Crippen molar-refractivity contribution >= 4 is 22.1 Å². The largest absolute Gasteiger partial charge is 0.296 e. The van der Waals surface area contributed by atoms with E-state index in [1.165, 1.54) is 85.1 Å². The van der Waals surface area contributed by atoms with E-state index in [0.29, 0.717) is 0 Å². The van der Waals surface area contributed by atoms with Crippen LogP contribution in [0.1, 0.15) is 76.9 Å². The third-order valence-electron chi connectivity index (χ3n) is 6.87. The number of hydrogen-bond donors (Lipinski definition) is 0. The van der Waals surface area contributed by atoms with Crippen LogP contribution in [0.25, 0.3) is 22.1 Å². The van der Waals surface area contributed by atoms with Crippen LogP contribution in [0.5, 0.6) is 0 Å². The van der Waals surface area contributed by atoms with Crippen molar-refractivity contribution in [2.75, 3.05) is 0 Å². The Labute approximate surface area is 193 Å². The average Bonchev–Trinajstić information content (AvgIpc) is 3.24. The van der Waals surface area contributed by atoms with Crippen LogP contribution in [-0.2, 0) is 13.1 Å². The summed E-state index contributed by atoms with van der Waals surface area (Å²) in [5, 5.41) is 0. The van der Waals surface area contributed by atoms with Gasteiger partial charge in [-0.1, -0.05) is 63.8 Å². The number of benzene rings is 2. The van der Waals surface area contributed by atoms with Gasteiger partial charge >= 0.3 is 0 Å². The molecule has 2 aromatic heterocycles. The summed E-state index contributed by atoms with van der Waals surface area (Å²) in [6.45, 7) is 11.3. The van der Waals surface area contributed by atoms with E-state index in [2.05, 4.69) is 94.7 Å². The minimum atomic E-state index is 1.08. The maximum atomic E-state index is 2.52. The summed E-state index contributed by atoms with van der Waals surface area (Å²) in [6.07, 6.45) is 10.2. The molecule has 0 aliphatic rings. The van der Waals surface area contributed by atoms with Gasteiger partial charge in [0.25, 0.3) is 11.6 Å². The minimum absolute atomic E-state index is 1.08. The third kappa shape index (κ3) is 4.20. The molecule has 0 saturated carbocycles. The SMILES string of the molecule is CCCCCC[n+]1c(C)n(-n2c(C)[n+](CCCCCC)c3ccccc32)c2ccccc21. The van der Waals surface area contributed by atoms with Crippen LogP contribution in [0.2, 0.25) is 0 Å². The number of para-hydroxylation sites is 4. The van der Waals surface area contributed by atoms with Crippen LogP contribution >= 0.6 is 0 Å². The lowest BCUT2D eigenvalue weighted by Gasteiger charge is -2.02. The van der Waals surface area contributed by atoms with Gasteiger partial charge in [0.1, 0.15) is 0 Å². The molecule has 2 heterocycles. The summed E-state index contributed by atoms with van der Waals surface area (Å²) in [6, 6.07) is 17.8. The lowest BCUT2D eigenvalue weighted by molar-refractivity contribution is -0.682. The standard InChI is InChI=1S/C28H40N4/c1-5-7-9-15-21-29-23(3)31(27-19-13-11-17-25(27)29)32-24(4)30(22-16-10-8-6-2)26-18-12-14-20-28(26)32/h11-14,17-20H,5-10,15-16,21-22H2,1-4H3/q+2. The molecule has 0 unspecified atom stereocenters. The Hall–Kier alpha value is -2.62. The summed E-state index contributed by atoms with van der Waals surface area (Å²) in [5.41, 5.74) is 5.21. The van der Waals surface area contributed by atoms with Crippen molar-refractivity contribution in [1.29, 1.82) is 0 Å². The molecule has 0 amide bonds. The number of hydrogen-bond acceptors (Lipinski definition) is 0. The molecule has 0 aliphatic heterocycles. The monoisotopic (exact) mass is 432 g/mol. The fraction of sp³-hybridized carbons (Fsp3) is 0.500. The molecule has 0 saturated heterocycles. The first-order chi connectivity index (χ1) is 15.7. The Bertz CT molecular complexity index is 1090. The fourth-order valence-corrected chi connectivity index (χ4v) is 5.13. The van der Waals surface area contributed by atoms with Gasteiger partial charge in [0.05, 0.1) is 13.1 Å². The van der Waals surface area contributed by atoms with Crippen LogP contribution in [-0.4, -0.2) is 9.35 Å². The van der Waals surface area contributed by atoms with Gasteiger partial charge in [0, 0.05) is 13.8 Å². The molecule has 4 aromatic rings. The fourth-order valence-electron chi connectivity index (χ4n) is 5.13. The third-order valence-corrected chi connectivity index (χ3v) is 6.87. The molecule has 170 valence electrons. The van der Waals surface area contributed by atoms with Crippen molar-refractivity contribution in [2.45, 2.75) is 92.2 Å². The number of imidazole rings is 2. The molecule has 0 bridgehead atoms. The Morgan fingerprint density at radius 3 is 1.38 bits per heavy atom. The zero-order valence-corrected chi connectivity index (χ0v) is 20.5.